The number of carbonyl (C=O) groups is 2. The Morgan fingerprint density at radius 1 is 1.19 bits per heavy atom. The highest BCUT2D eigenvalue weighted by molar-refractivity contribution is 5.95. The molecule has 1 heterocycles. The van der Waals surface area contributed by atoms with Gasteiger partial charge in [0.1, 0.15) is 11.6 Å². The van der Waals surface area contributed by atoms with Gasteiger partial charge in [0.2, 0.25) is 6.35 Å². The van der Waals surface area contributed by atoms with E-state index in [1.807, 2.05) is 20.0 Å². The summed E-state index contributed by atoms with van der Waals surface area (Å²) in [7, 11) is 1.98. The summed E-state index contributed by atoms with van der Waals surface area (Å²) in [6.45, 7) is 7.73. The SMILES string of the molecule is CCN(C)C1Oc2cc(C(=O)NC[C@H](O)[C@H](Cc3ccc(F)cc3)NC(=O)O)ccc2N1CC(C)C. The lowest BCUT2D eigenvalue weighted by Gasteiger charge is -2.32. The van der Waals surface area contributed by atoms with Crippen molar-refractivity contribution in [3.05, 3.63) is 59.4 Å². The predicted octanol–water partition coefficient (Wildman–Crippen LogP) is 2.89. The number of carboxylic acid groups (broad SMARTS) is 1. The summed E-state index contributed by atoms with van der Waals surface area (Å²) in [4.78, 5) is 28.3. The Bertz CT molecular complexity index is 1050. The number of fused-ring (bicyclic) bond motifs is 1. The summed E-state index contributed by atoms with van der Waals surface area (Å²) in [6, 6.07) is 9.92. The molecule has 2 aromatic carbocycles. The highest BCUT2D eigenvalue weighted by atomic mass is 19.1. The van der Waals surface area contributed by atoms with E-state index in [-0.39, 0.29) is 19.3 Å². The molecule has 1 aliphatic heterocycles. The van der Waals surface area contributed by atoms with E-state index in [1.165, 1.54) is 24.3 Å². The molecule has 1 aliphatic rings. The van der Waals surface area contributed by atoms with Gasteiger partial charge >= 0.3 is 6.09 Å². The fraction of sp³-hybridized carbons (Fsp3) is 0.462. The van der Waals surface area contributed by atoms with Gasteiger partial charge in [0, 0.05) is 25.2 Å². The molecule has 2 amide bonds. The lowest BCUT2D eigenvalue weighted by atomic mass is 10.0. The van der Waals surface area contributed by atoms with Crippen molar-refractivity contribution in [3.8, 4) is 5.75 Å². The van der Waals surface area contributed by atoms with E-state index < -0.39 is 30.0 Å². The number of hydrogen-bond donors (Lipinski definition) is 4. The monoisotopic (exact) mass is 502 g/mol. The second-order valence-electron chi connectivity index (χ2n) is 9.41. The van der Waals surface area contributed by atoms with Crippen molar-refractivity contribution in [2.75, 3.05) is 31.6 Å². The molecule has 10 heteroatoms. The second kappa shape index (κ2) is 12.0. The Kier molecular flexibility index (Phi) is 9.11. The lowest BCUT2D eigenvalue weighted by Crippen LogP contribution is -2.49. The number of benzene rings is 2. The average Bonchev–Trinajstić information content (AvgIpc) is 3.19. The quantitative estimate of drug-likeness (QED) is 0.374. The van der Waals surface area contributed by atoms with Crippen LogP contribution >= 0.6 is 0 Å². The van der Waals surface area contributed by atoms with Gasteiger partial charge in [-0.1, -0.05) is 32.9 Å². The minimum atomic E-state index is -1.30. The molecule has 0 saturated carbocycles. The van der Waals surface area contributed by atoms with E-state index in [9.17, 15) is 19.1 Å². The third kappa shape index (κ3) is 6.86. The number of carbonyl (C=O) groups excluding carboxylic acids is 1. The van der Waals surface area contributed by atoms with Gasteiger partial charge in [-0.2, -0.15) is 0 Å². The zero-order valence-corrected chi connectivity index (χ0v) is 21.1. The topological polar surface area (TPSA) is 114 Å². The maximum Gasteiger partial charge on any atom is 0.404 e. The van der Waals surface area contributed by atoms with Crippen molar-refractivity contribution >= 4 is 17.7 Å². The number of ether oxygens (including phenoxy) is 1. The van der Waals surface area contributed by atoms with Gasteiger partial charge in [-0.15, -0.1) is 0 Å². The van der Waals surface area contributed by atoms with Crippen molar-refractivity contribution in [1.82, 2.24) is 15.5 Å². The summed E-state index contributed by atoms with van der Waals surface area (Å²) in [6.07, 6.45) is -2.64. The van der Waals surface area contributed by atoms with Gasteiger partial charge in [0.05, 0.1) is 17.8 Å². The van der Waals surface area contributed by atoms with Gasteiger partial charge in [0.25, 0.3) is 5.91 Å². The van der Waals surface area contributed by atoms with E-state index >= 15 is 0 Å². The van der Waals surface area contributed by atoms with Crippen molar-refractivity contribution in [1.29, 1.82) is 0 Å². The maximum absolute atomic E-state index is 13.2. The zero-order valence-electron chi connectivity index (χ0n) is 21.1. The summed E-state index contributed by atoms with van der Waals surface area (Å²) in [5.74, 6) is 0.196. The minimum Gasteiger partial charge on any atom is -0.465 e. The van der Waals surface area contributed by atoms with Gasteiger partial charge in [0.15, 0.2) is 0 Å². The highest BCUT2D eigenvalue weighted by Crippen LogP contribution is 2.39. The Balaban J connectivity index is 1.67. The Hall–Kier alpha value is -3.37. The predicted molar refractivity (Wildman–Crippen MR) is 135 cm³/mol. The Morgan fingerprint density at radius 3 is 2.50 bits per heavy atom. The number of rotatable bonds is 11. The summed E-state index contributed by atoms with van der Waals surface area (Å²) in [5, 5.41) is 24.7. The van der Waals surface area contributed by atoms with Crippen LogP contribution in [0.3, 0.4) is 0 Å². The largest absolute Gasteiger partial charge is 0.465 e. The minimum absolute atomic E-state index is 0.133. The molecule has 9 nitrogen and oxygen atoms in total. The highest BCUT2D eigenvalue weighted by Gasteiger charge is 2.34. The normalized spacial score (nSPS) is 16.4. The number of nitrogens with zero attached hydrogens (tertiary/aromatic N) is 2. The lowest BCUT2D eigenvalue weighted by molar-refractivity contribution is 0.0617. The van der Waals surface area contributed by atoms with Gasteiger partial charge in [-0.05, 0) is 55.3 Å². The van der Waals surface area contributed by atoms with Crippen LogP contribution in [0.15, 0.2) is 42.5 Å². The molecular weight excluding hydrogens is 467 g/mol. The molecule has 3 rings (SSSR count). The number of anilines is 1. The standard InChI is InChI=1S/C26H35FN4O5/c1-5-30(4)26-31(15-16(2)3)21-11-8-18(13-23(21)36-26)24(33)28-14-22(32)20(29-25(34)35)12-17-6-9-19(27)10-7-17/h6-11,13,16,20,22,26,29,32H,5,12,14-15H2,1-4H3,(H,28,33)(H,34,35)/t20-,22-,26?/m0/s1. The zero-order chi connectivity index (χ0) is 26.4. The first-order valence-electron chi connectivity index (χ1n) is 12.1. The number of aliphatic hydroxyl groups excluding tert-OH is 1. The van der Waals surface area contributed by atoms with Crippen LogP contribution in [0.5, 0.6) is 5.75 Å². The van der Waals surface area contributed by atoms with Crippen LogP contribution in [0.4, 0.5) is 14.9 Å². The summed E-state index contributed by atoms with van der Waals surface area (Å²) >= 11 is 0. The third-order valence-electron chi connectivity index (χ3n) is 6.08. The molecule has 0 aliphatic carbocycles. The van der Waals surface area contributed by atoms with Crippen LogP contribution in [0.1, 0.15) is 36.7 Å². The second-order valence-corrected chi connectivity index (χ2v) is 9.41. The van der Waals surface area contributed by atoms with Crippen LogP contribution in [0.25, 0.3) is 0 Å². The van der Waals surface area contributed by atoms with Crippen LogP contribution < -0.4 is 20.3 Å². The molecule has 3 atom stereocenters. The van der Waals surface area contributed by atoms with Crippen molar-refractivity contribution in [2.45, 2.75) is 45.7 Å². The summed E-state index contributed by atoms with van der Waals surface area (Å²) < 4.78 is 19.3. The van der Waals surface area contributed by atoms with Crippen LogP contribution in [-0.4, -0.2) is 72.3 Å². The van der Waals surface area contributed by atoms with Gasteiger partial charge in [-0.3, -0.25) is 9.69 Å². The molecule has 36 heavy (non-hydrogen) atoms. The molecule has 0 spiro atoms. The first kappa shape index (κ1) is 27.2. The van der Waals surface area contributed by atoms with Crippen molar-refractivity contribution in [2.24, 2.45) is 5.92 Å². The third-order valence-corrected chi connectivity index (χ3v) is 6.08. The fourth-order valence-corrected chi connectivity index (χ4v) is 4.11. The molecular formula is C26H35FN4O5. The Labute approximate surface area is 210 Å². The molecule has 0 bridgehead atoms. The number of aliphatic hydroxyl groups is 1. The smallest absolute Gasteiger partial charge is 0.404 e. The van der Waals surface area contributed by atoms with Crippen LogP contribution in [0, 0.1) is 11.7 Å². The van der Waals surface area contributed by atoms with Crippen molar-refractivity contribution in [3.63, 3.8) is 0 Å². The van der Waals surface area contributed by atoms with E-state index in [4.69, 9.17) is 9.84 Å². The van der Waals surface area contributed by atoms with Gasteiger partial charge < -0.3 is 30.5 Å². The first-order valence-corrected chi connectivity index (χ1v) is 12.1. The summed E-state index contributed by atoms with van der Waals surface area (Å²) in [5.41, 5.74) is 1.93. The number of halogens is 1. The molecule has 0 fully saturated rings. The first-order chi connectivity index (χ1) is 17.1. The molecule has 196 valence electrons. The van der Waals surface area contributed by atoms with E-state index in [1.54, 1.807) is 12.1 Å². The fourth-order valence-electron chi connectivity index (χ4n) is 4.11. The van der Waals surface area contributed by atoms with Crippen molar-refractivity contribution < 1.29 is 28.9 Å². The van der Waals surface area contributed by atoms with Crippen LogP contribution in [-0.2, 0) is 6.42 Å². The van der Waals surface area contributed by atoms with E-state index in [0.29, 0.717) is 22.8 Å². The molecule has 0 saturated heterocycles. The Morgan fingerprint density at radius 2 is 1.89 bits per heavy atom. The maximum atomic E-state index is 13.2. The molecule has 1 unspecified atom stereocenters. The number of hydrogen-bond acceptors (Lipinski definition) is 6. The van der Waals surface area contributed by atoms with E-state index in [0.717, 1.165) is 18.8 Å². The molecule has 2 aromatic rings. The van der Waals surface area contributed by atoms with Gasteiger partial charge in [-0.25, -0.2) is 9.18 Å². The number of amides is 2. The number of nitrogens with one attached hydrogen (secondary N) is 2. The average molecular weight is 503 g/mol. The van der Waals surface area contributed by atoms with E-state index in [2.05, 4.69) is 34.3 Å². The van der Waals surface area contributed by atoms with Crippen LogP contribution in [0.2, 0.25) is 0 Å². The molecule has 4 N–H and O–H groups in total. The molecule has 0 aromatic heterocycles. The molecule has 0 radical (unpaired) electrons.